The van der Waals surface area contributed by atoms with Gasteiger partial charge in [-0.1, -0.05) is 0 Å². The molecular formula is C7H12F2N4. The summed E-state index contributed by atoms with van der Waals surface area (Å²) < 4.78 is 26.4. The molecule has 2 atom stereocenters. The lowest BCUT2D eigenvalue weighted by molar-refractivity contribution is 0.148. The summed E-state index contributed by atoms with van der Waals surface area (Å²) in [6, 6.07) is 0. The average Bonchev–Trinajstić information content (AvgIpc) is 2.25. The zero-order chi connectivity index (χ0) is 9.84. The maximum Gasteiger partial charge on any atom is 0.193 e. The summed E-state index contributed by atoms with van der Waals surface area (Å²) >= 11 is 0. The molecule has 0 amide bonds. The summed E-state index contributed by atoms with van der Waals surface area (Å²) in [5.74, 6) is 4.76. The van der Waals surface area contributed by atoms with Crippen molar-refractivity contribution < 1.29 is 8.78 Å². The van der Waals surface area contributed by atoms with Crippen molar-refractivity contribution >= 4 is 12.6 Å². The van der Waals surface area contributed by atoms with Crippen molar-refractivity contribution in [2.45, 2.75) is 31.7 Å². The smallest absolute Gasteiger partial charge is 0.193 e. The van der Waals surface area contributed by atoms with Gasteiger partial charge >= 0.3 is 0 Å². The zero-order valence-corrected chi connectivity index (χ0v) is 7.16. The molecule has 1 rings (SSSR count). The van der Waals surface area contributed by atoms with Crippen LogP contribution in [0.1, 0.15) is 19.3 Å². The minimum Gasteiger partial charge on any atom is -0.321 e. The molecule has 2 N–H and O–H groups in total. The Morgan fingerprint density at radius 2 is 2.15 bits per heavy atom. The Hall–Kier alpha value is -1.20. The van der Waals surface area contributed by atoms with Crippen molar-refractivity contribution in [3.8, 4) is 0 Å². The standard InChI is InChI=1S/C7H12F2N4/c1-11-13-6(9)4-2-3-5(8)7(13)12-10/h5-6H,1-4,10H2/b12-7-. The van der Waals surface area contributed by atoms with Crippen molar-refractivity contribution in [1.29, 1.82) is 0 Å². The monoisotopic (exact) mass is 190 g/mol. The van der Waals surface area contributed by atoms with Gasteiger partial charge in [0, 0.05) is 6.72 Å². The van der Waals surface area contributed by atoms with Crippen LogP contribution >= 0.6 is 0 Å². The fourth-order valence-electron chi connectivity index (χ4n) is 1.31. The third kappa shape index (κ3) is 1.93. The highest BCUT2D eigenvalue weighted by Crippen LogP contribution is 2.21. The van der Waals surface area contributed by atoms with Gasteiger partial charge in [-0.15, -0.1) is 0 Å². The number of hydrazone groups is 2. The molecule has 2 unspecified atom stereocenters. The first-order valence-corrected chi connectivity index (χ1v) is 4.02. The first-order chi connectivity index (χ1) is 6.20. The van der Waals surface area contributed by atoms with E-state index in [1.807, 2.05) is 0 Å². The summed E-state index contributed by atoms with van der Waals surface area (Å²) in [4.78, 5) is 0. The minimum absolute atomic E-state index is 0.181. The predicted molar refractivity (Wildman–Crippen MR) is 46.7 cm³/mol. The fraction of sp³-hybridized carbons (Fsp3) is 0.714. The Labute approximate surface area is 75.1 Å². The molecule has 6 heteroatoms. The van der Waals surface area contributed by atoms with E-state index < -0.39 is 12.5 Å². The van der Waals surface area contributed by atoms with Crippen molar-refractivity contribution in [3.05, 3.63) is 0 Å². The normalized spacial score (nSPS) is 33.1. The van der Waals surface area contributed by atoms with Crippen molar-refractivity contribution in [2.75, 3.05) is 0 Å². The van der Waals surface area contributed by atoms with E-state index in [0.717, 1.165) is 5.01 Å². The molecule has 1 aliphatic rings. The van der Waals surface area contributed by atoms with Gasteiger partial charge in [-0.05, 0) is 19.3 Å². The van der Waals surface area contributed by atoms with Gasteiger partial charge in [0.25, 0.3) is 0 Å². The van der Waals surface area contributed by atoms with Crippen molar-refractivity contribution in [2.24, 2.45) is 16.0 Å². The van der Waals surface area contributed by atoms with Crippen LogP contribution in [0.25, 0.3) is 0 Å². The number of hydrogen-bond acceptors (Lipinski definition) is 3. The van der Waals surface area contributed by atoms with E-state index >= 15 is 0 Å². The van der Waals surface area contributed by atoms with Gasteiger partial charge in [-0.25, -0.2) is 13.8 Å². The van der Waals surface area contributed by atoms with Crippen molar-refractivity contribution in [1.82, 2.24) is 5.01 Å². The molecule has 1 aliphatic heterocycles. The maximum absolute atomic E-state index is 13.2. The van der Waals surface area contributed by atoms with Gasteiger partial charge in [0.05, 0.1) is 0 Å². The second kappa shape index (κ2) is 4.15. The lowest BCUT2D eigenvalue weighted by Crippen LogP contribution is -2.37. The zero-order valence-electron chi connectivity index (χ0n) is 7.16. The topological polar surface area (TPSA) is 54.0 Å². The number of nitrogens with zero attached hydrogens (tertiary/aromatic N) is 3. The number of amidine groups is 1. The maximum atomic E-state index is 13.2. The largest absolute Gasteiger partial charge is 0.321 e. The highest BCUT2D eigenvalue weighted by molar-refractivity contribution is 5.86. The van der Waals surface area contributed by atoms with Crippen LogP contribution in [0.2, 0.25) is 0 Å². The van der Waals surface area contributed by atoms with Gasteiger partial charge in [-0.3, -0.25) is 0 Å². The Morgan fingerprint density at radius 3 is 2.69 bits per heavy atom. The number of alkyl halides is 2. The fourth-order valence-corrected chi connectivity index (χ4v) is 1.31. The van der Waals surface area contributed by atoms with E-state index in [-0.39, 0.29) is 18.7 Å². The molecule has 74 valence electrons. The molecule has 4 nitrogen and oxygen atoms in total. The molecule has 0 aromatic rings. The molecule has 13 heavy (non-hydrogen) atoms. The number of rotatable bonds is 1. The van der Waals surface area contributed by atoms with Gasteiger partial charge < -0.3 is 5.84 Å². The minimum atomic E-state index is -1.37. The van der Waals surface area contributed by atoms with Gasteiger partial charge in [0.15, 0.2) is 18.3 Å². The van der Waals surface area contributed by atoms with Gasteiger partial charge in [0.1, 0.15) is 0 Å². The van der Waals surface area contributed by atoms with Crippen LogP contribution in [0.3, 0.4) is 0 Å². The molecule has 0 bridgehead atoms. The molecule has 0 aliphatic carbocycles. The summed E-state index contributed by atoms with van der Waals surface area (Å²) in [5, 5.41) is 7.34. The summed E-state index contributed by atoms with van der Waals surface area (Å²) in [6.07, 6.45) is -1.83. The van der Waals surface area contributed by atoms with Crippen LogP contribution in [-0.2, 0) is 0 Å². The second-order valence-corrected chi connectivity index (χ2v) is 2.81. The first-order valence-electron chi connectivity index (χ1n) is 4.02. The van der Waals surface area contributed by atoms with Gasteiger partial charge in [-0.2, -0.15) is 10.2 Å². The molecule has 0 aromatic heterocycles. The first kappa shape index (κ1) is 9.88. The summed E-state index contributed by atoms with van der Waals surface area (Å²) in [7, 11) is 0. The third-order valence-corrected chi connectivity index (χ3v) is 1.96. The quantitative estimate of drug-likeness (QED) is 0.290. The van der Waals surface area contributed by atoms with Crippen LogP contribution in [0.4, 0.5) is 8.78 Å². The van der Waals surface area contributed by atoms with E-state index in [0.29, 0.717) is 6.42 Å². The molecule has 0 aromatic carbocycles. The predicted octanol–water partition coefficient (Wildman–Crippen LogP) is 0.994. The number of halogens is 2. The lowest BCUT2D eigenvalue weighted by atomic mass is 10.2. The number of nitrogens with two attached hydrogens (primary N) is 1. The van der Waals surface area contributed by atoms with Crippen LogP contribution in [-0.4, -0.2) is 30.0 Å². The molecule has 0 radical (unpaired) electrons. The van der Waals surface area contributed by atoms with Crippen LogP contribution < -0.4 is 5.84 Å². The van der Waals surface area contributed by atoms with Crippen molar-refractivity contribution in [3.63, 3.8) is 0 Å². The second-order valence-electron chi connectivity index (χ2n) is 2.81. The van der Waals surface area contributed by atoms with E-state index in [1.165, 1.54) is 0 Å². The van der Waals surface area contributed by atoms with Crippen LogP contribution in [0, 0.1) is 0 Å². The van der Waals surface area contributed by atoms with E-state index in [1.54, 1.807) is 0 Å². The molecule has 0 saturated carbocycles. The van der Waals surface area contributed by atoms with E-state index in [9.17, 15) is 8.78 Å². The lowest BCUT2D eigenvalue weighted by Gasteiger charge is -2.21. The van der Waals surface area contributed by atoms with Crippen LogP contribution in [0.5, 0.6) is 0 Å². The van der Waals surface area contributed by atoms with Gasteiger partial charge in [0.2, 0.25) is 0 Å². The Balaban J connectivity index is 2.88. The van der Waals surface area contributed by atoms with E-state index in [2.05, 4.69) is 16.9 Å². The van der Waals surface area contributed by atoms with E-state index in [4.69, 9.17) is 5.84 Å². The Morgan fingerprint density at radius 1 is 1.46 bits per heavy atom. The highest BCUT2D eigenvalue weighted by atomic mass is 19.1. The molecule has 1 fully saturated rings. The molecule has 1 saturated heterocycles. The third-order valence-electron chi connectivity index (χ3n) is 1.96. The Kier molecular flexibility index (Phi) is 3.16. The van der Waals surface area contributed by atoms with Crippen LogP contribution in [0.15, 0.2) is 10.2 Å². The number of hydrogen-bond donors (Lipinski definition) is 1. The summed E-state index contributed by atoms with van der Waals surface area (Å²) in [5.41, 5.74) is 0. The highest BCUT2D eigenvalue weighted by Gasteiger charge is 2.30. The SMILES string of the molecule is C=NN1/C(=N\N)C(F)CCCC1F. The summed E-state index contributed by atoms with van der Waals surface area (Å²) in [6.45, 7) is 3.14. The average molecular weight is 190 g/mol. The molecule has 0 spiro atoms. The molecular weight excluding hydrogens is 178 g/mol. The Bertz CT molecular complexity index is 219. The molecule has 1 heterocycles.